The van der Waals surface area contributed by atoms with Gasteiger partial charge < -0.3 is 14.6 Å². The Balaban J connectivity index is 1.95. The number of nitrogens with zero attached hydrogens (tertiary/aromatic N) is 1. The maximum atomic E-state index is 13.0. The smallest absolute Gasteiger partial charge is 0.270 e. The number of carbonyl (C=O) groups is 2. The van der Waals surface area contributed by atoms with E-state index in [2.05, 4.69) is 25.8 Å². The summed E-state index contributed by atoms with van der Waals surface area (Å²) in [6.07, 6.45) is 2.19. The molecule has 1 fully saturated rings. The monoisotopic (exact) mass is 318 g/mol. The molecule has 0 radical (unpaired) electrons. The Morgan fingerprint density at radius 2 is 2.04 bits per heavy atom. The molecule has 126 valence electrons. The van der Waals surface area contributed by atoms with E-state index in [9.17, 15) is 9.59 Å². The minimum absolute atomic E-state index is 0.0134. The highest BCUT2D eigenvalue weighted by Crippen LogP contribution is 2.37. The normalized spacial score (nSPS) is 24.3. The number of fused-ring (bicyclic) bond motifs is 1. The lowest BCUT2D eigenvalue weighted by atomic mass is 9.75. The van der Waals surface area contributed by atoms with Crippen molar-refractivity contribution in [2.45, 2.75) is 53.0 Å². The number of aromatic amines is 1. The predicted molar refractivity (Wildman–Crippen MR) is 87.9 cm³/mol. The third-order valence-electron chi connectivity index (χ3n) is 5.06. The molecule has 1 N–H and O–H groups in total. The van der Waals surface area contributed by atoms with Gasteiger partial charge in [-0.25, -0.2) is 0 Å². The molecule has 0 saturated carbocycles. The number of nitrogens with one attached hydrogen (secondary N) is 1. The largest absolute Gasteiger partial charge is 0.380 e. The summed E-state index contributed by atoms with van der Waals surface area (Å²) in [5, 5.41) is 0. The molecular formula is C18H26N2O3. The topological polar surface area (TPSA) is 62.4 Å². The highest BCUT2D eigenvalue weighted by molar-refractivity contribution is 6.04. The summed E-state index contributed by atoms with van der Waals surface area (Å²) >= 11 is 0. The van der Waals surface area contributed by atoms with Crippen LogP contribution in [-0.4, -0.2) is 47.4 Å². The van der Waals surface area contributed by atoms with Crippen molar-refractivity contribution in [1.82, 2.24) is 9.88 Å². The fourth-order valence-corrected chi connectivity index (χ4v) is 3.79. The van der Waals surface area contributed by atoms with Crippen molar-refractivity contribution in [2.75, 3.05) is 19.8 Å². The number of aromatic nitrogens is 1. The molecule has 1 aromatic heterocycles. The molecule has 1 aliphatic heterocycles. The minimum Gasteiger partial charge on any atom is -0.380 e. The van der Waals surface area contributed by atoms with Crippen LogP contribution in [0.25, 0.3) is 0 Å². The highest BCUT2D eigenvalue weighted by Gasteiger charge is 2.36. The average molecular weight is 318 g/mol. The lowest BCUT2D eigenvalue weighted by Gasteiger charge is -2.28. The highest BCUT2D eigenvalue weighted by atomic mass is 16.5. The van der Waals surface area contributed by atoms with Crippen LogP contribution in [0.4, 0.5) is 0 Å². The quantitative estimate of drug-likeness (QED) is 0.866. The summed E-state index contributed by atoms with van der Waals surface area (Å²) in [5.41, 5.74) is 3.00. The van der Waals surface area contributed by atoms with E-state index in [-0.39, 0.29) is 23.1 Å². The fourth-order valence-electron chi connectivity index (χ4n) is 3.79. The fraction of sp³-hybridized carbons (Fsp3) is 0.667. The summed E-state index contributed by atoms with van der Waals surface area (Å²) < 4.78 is 5.48. The van der Waals surface area contributed by atoms with Crippen molar-refractivity contribution in [3.8, 4) is 0 Å². The molecule has 1 saturated heterocycles. The molecule has 0 aromatic carbocycles. The zero-order valence-electron chi connectivity index (χ0n) is 14.5. The number of carbonyl (C=O) groups excluding carboxylic acids is 2. The van der Waals surface area contributed by atoms with Crippen molar-refractivity contribution >= 4 is 11.7 Å². The predicted octanol–water partition coefficient (Wildman–Crippen LogP) is 2.73. The first-order valence-corrected chi connectivity index (χ1v) is 8.43. The summed E-state index contributed by atoms with van der Waals surface area (Å²) in [6, 6.07) is 0.150. The Morgan fingerprint density at radius 3 is 2.78 bits per heavy atom. The third-order valence-corrected chi connectivity index (χ3v) is 5.06. The van der Waals surface area contributed by atoms with Gasteiger partial charge in [-0.3, -0.25) is 9.59 Å². The zero-order chi connectivity index (χ0) is 16.8. The third kappa shape index (κ3) is 2.94. The lowest BCUT2D eigenvalue weighted by Crippen LogP contribution is -2.39. The van der Waals surface area contributed by atoms with Crippen molar-refractivity contribution in [2.24, 2.45) is 5.41 Å². The molecule has 1 aliphatic carbocycles. The molecule has 0 bridgehead atoms. The van der Waals surface area contributed by atoms with Crippen molar-refractivity contribution in [3.63, 3.8) is 0 Å². The van der Waals surface area contributed by atoms with E-state index in [1.807, 2.05) is 11.8 Å². The summed E-state index contributed by atoms with van der Waals surface area (Å²) in [6.45, 7) is 10.00. The first kappa shape index (κ1) is 16.2. The summed E-state index contributed by atoms with van der Waals surface area (Å²) in [4.78, 5) is 30.6. The molecular weight excluding hydrogens is 292 g/mol. The zero-order valence-corrected chi connectivity index (χ0v) is 14.5. The van der Waals surface area contributed by atoms with E-state index in [0.717, 1.165) is 29.7 Å². The van der Waals surface area contributed by atoms with E-state index in [4.69, 9.17) is 4.74 Å². The first-order valence-electron chi connectivity index (χ1n) is 8.43. The van der Waals surface area contributed by atoms with Crippen molar-refractivity contribution < 1.29 is 14.3 Å². The van der Waals surface area contributed by atoms with Gasteiger partial charge in [0.1, 0.15) is 5.69 Å². The maximum absolute atomic E-state index is 13.0. The summed E-state index contributed by atoms with van der Waals surface area (Å²) in [5.74, 6) is 0.136. The van der Waals surface area contributed by atoms with Gasteiger partial charge in [-0.2, -0.15) is 0 Å². The van der Waals surface area contributed by atoms with Crippen molar-refractivity contribution in [1.29, 1.82) is 0 Å². The molecule has 1 aromatic rings. The number of amides is 1. The van der Waals surface area contributed by atoms with Gasteiger partial charge in [-0.05, 0) is 37.7 Å². The van der Waals surface area contributed by atoms with Crippen LogP contribution in [0.5, 0.6) is 0 Å². The Hall–Kier alpha value is -1.62. The Kier molecular flexibility index (Phi) is 4.08. The van der Waals surface area contributed by atoms with Crippen LogP contribution in [0.1, 0.15) is 65.7 Å². The van der Waals surface area contributed by atoms with Gasteiger partial charge in [0.25, 0.3) is 5.91 Å². The lowest BCUT2D eigenvalue weighted by molar-refractivity contribution is 0.0680. The molecule has 3 rings (SSSR count). The SMILES string of the molecule is Cc1c(C(=O)N2CCOCCC2C)[nH]c2c1C(=O)CC(C)(C)C2. The number of H-pyrrole nitrogens is 1. The van der Waals surface area contributed by atoms with Crippen LogP contribution >= 0.6 is 0 Å². The van der Waals surface area contributed by atoms with Crippen LogP contribution in [0.15, 0.2) is 0 Å². The van der Waals surface area contributed by atoms with E-state index in [0.29, 0.717) is 31.9 Å². The molecule has 2 heterocycles. The van der Waals surface area contributed by atoms with Gasteiger partial charge in [-0.1, -0.05) is 13.8 Å². The number of Topliss-reactive ketones (excluding diaryl/α,β-unsaturated/α-hetero) is 1. The molecule has 5 heteroatoms. The molecule has 1 atom stereocenters. The van der Waals surface area contributed by atoms with E-state index in [1.165, 1.54) is 0 Å². The second-order valence-electron chi connectivity index (χ2n) is 7.67. The van der Waals surface area contributed by atoms with E-state index < -0.39 is 0 Å². The number of ketones is 1. The second-order valence-corrected chi connectivity index (χ2v) is 7.67. The molecule has 1 unspecified atom stereocenters. The Morgan fingerprint density at radius 1 is 1.30 bits per heavy atom. The van der Waals surface area contributed by atoms with Gasteiger partial charge in [0.2, 0.25) is 0 Å². The maximum Gasteiger partial charge on any atom is 0.270 e. The number of rotatable bonds is 1. The van der Waals surface area contributed by atoms with Gasteiger partial charge >= 0.3 is 0 Å². The van der Waals surface area contributed by atoms with Crippen LogP contribution in [0, 0.1) is 12.3 Å². The summed E-state index contributed by atoms with van der Waals surface area (Å²) in [7, 11) is 0. The first-order chi connectivity index (χ1) is 10.8. The van der Waals surface area contributed by atoms with Gasteiger partial charge in [0.15, 0.2) is 5.78 Å². The van der Waals surface area contributed by atoms with Gasteiger partial charge in [0.05, 0.1) is 6.61 Å². The van der Waals surface area contributed by atoms with Crippen LogP contribution in [0.2, 0.25) is 0 Å². The molecule has 2 aliphatic rings. The van der Waals surface area contributed by atoms with Gasteiger partial charge in [-0.15, -0.1) is 0 Å². The average Bonchev–Trinajstić information content (AvgIpc) is 2.63. The van der Waals surface area contributed by atoms with Crippen LogP contribution in [0.3, 0.4) is 0 Å². The Labute approximate surface area is 137 Å². The molecule has 23 heavy (non-hydrogen) atoms. The van der Waals surface area contributed by atoms with Crippen LogP contribution < -0.4 is 0 Å². The van der Waals surface area contributed by atoms with E-state index in [1.54, 1.807) is 0 Å². The standard InChI is InChI=1S/C18H26N2O3/c1-11-5-7-23-8-6-20(11)17(22)16-12(2)15-13(19-16)9-18(3,4)10-14(15)21/h11,19H,5-10H2,1-4H3. The Bertz CT molecular complexity index is 645. The molecule has 1 amide bonds. The van der Waals surface area contributed by atoms with E-state index >= 15 is 0 Å². The number of hydrogen-bond donors (Lipinski definition) is 1. The number of hydrogen-bond acceptors (Lipinski definition) is 3. The minimum atomic E-state index is -0.0502. The molecule has 0 spiro atoms. The van der Waals surface area contributed by atoms with Crippen LogP contribution in [-0.2, 0) is 11.2 Å². The molecule has 5 nitrogen and oxygen atoms in total. The second kappa shape index (κ2) is 5.78. The van der Waals surface area contributed by atoms with Crippen molar-refractivity contribution in [3.05, 3.63) is 22.5 Å². The van der Waals surface area contributed by atoms with Gasteiger partial charge in [0, 0.05) is 36.9 Å². The number of ether oxygens (including phenoxy) is 1.